The van der Waals surface area contributed by atoms with Crippen molar-refractivity contribution < 1.29 is 14.7 Å². The minimum Gasteiger partial charge on any atom is -0.481 e. The van der Waals surface area contributed by atoms with E-state index >= 15 is 0 Å². The van der Waals surface area contributed by atoms with Crippen molar-refractivity contribution in [3.05, 3.63) is 23.8 Å². The van der Waals surface area contributed by atoms with Crippen LogP contribution in [0.2, 0.25) is 0 Å². The standard InChI is InChI=1S/C33H47NO3/c1-20-15-24-30(6)16-21(19-34)27(37)29(4,5)23(30)9-10-31(24,7)32(8)12-14-33(18-25(35)36)13-11-28(2,3)17-22(33)26(20)32/h16,22-24,26H,1,9-15,17-18H2,2-8H3,(H,35,36)/t22?,23-,24+,26?,30-,31+,32+,33+/m0/s1. The molecule has 8 atom stereocenters. The molecule has 5 aliphatic carbocycles. The van der Waals surface area contributed by atoms with E-state index in [1.54, 1.807) is 0 Å². The molecule has 4 fully saturated rings. The minimum atomic E-state index is -0.657. The molecule has 1 N–H and O–H groups in total. The summed E-state index contributed by atoms with van der Waals surface area (Å²) < 4.78 is 0. The van der Waals surface area contributed by atoms with Crippen LogP contribution in [0.4, 0.5) is 0 Å². The van der Waals surface area contributed by atoms with Crippen LogP contribution in [-0.2, 0) is 9.59 Å². The Kier molecular flexibility index (Phi) is 5.65. The molecular weight excluding hydrogens is 458 g/mol. The molecular formula is C33H47NO3. The van der Waals surface area contributed by atoms with Gasteiger partial charge in [0.2, 0.25) is 0 Å². The van der Waals surface area contributed by atoms with Crippen molar-refractivity contribution in [3.63, 3.8) is 0 Å². The molecule has 5 rings (SSSR count). The molecule has 0 aromatic heterocycles. The van der Waals surface area contributed by atoms with Gasteiger partial charge in [0.25, 0.3) is 0 Å². The topological polar surface area (TPSA) is 78.2 Å². The van der Waals surface area contributed by atoms with Gasteiger partial charge in [0.15, 0.2) is 5.78 Å². The SMILES string of the molecule is C=C1C[C@@H]2[C@@]3(C)C=C(C#N)C(=O)C(C)(C)[C@@H]3CC[C@@]2(C)[C@]2(C)CC[C@@]3(CC(=O)O)CCC(C)(C)CC3C12. The molecule has 2 unspecified atom stereocenters. The monoisotopic (exact) mass is 505 g/mol. The van der Waals surface area contributed by atoms with Crippen LogP contribution in [0.25, 0.3) is 0 Å². The second-order valence-corrected chi connectivity index (χ2v) is 15.8. The summed E-state index contributed by atoms with van der Waals surface area (Å²) in [5.74, 6) is 0.525. The first-order chi connectivity index (χ1) is 17.0. The Morgan fingerprint density at radius 1 is 1.03 bits per heavy atom. The van der Waals surface area contributed by atoms with Gasteiger partial charge in [0, 0.05) is 5.41 Å². The number of nitrogens with zero attached hydrogens (tertiary/aromatic N) is 1. The third-order valence-electron chi connectivity index (χ3n) is 13.3. The highest BCUT2D eigenvalue weighted by atomic mass is 16.4. The maximum absolute atomic E-state index is 13.3. The Hall–Kier alpha value is -1.89. The molecule has 0 aromatic carbocycles. The minimum absolute atomic E-state index is 0.000333. The van der Waals surface area contributed by atoms with Crippen molar-refractivity contribution >= 4 is 11.8 Å². The van der Waals surface area contributed by atoms with Crippen molar-refractivity contribution in [1.82, 2.24) is 0 Å². The van der Waals surface area contributed by atoms with Crippen LogP contribution in [-0.4, -0.2) is 16.9 Å². The number of carbonyl (C=O) groups excluding carboxylic acids is 1. The number of fused-ring (bicyclic) bond motifs is 7. The lowest BCUT2D eigenvalue weighted by molar-refractivity contribution is -0.213. The lowest BCUT2D eigenvalue weighted by atomic mass is 9.31. The van der Waals surface area contributed by atoms with E-state index in [1.807, 2.05) is 0 Å². The van der Waals surface area contributed by atoms with Gasteiger partial charge < -0.3 is 5.11 Å². The van der Waals surface area contributed by atoms with E-state index < -0.39 is 11.4 Å². The highest BCUT2D eigenvalue weighted by Crippen LogP contribution is 2.77. The number of hydrogen-bond acceptors (Lipinski definition) is 3. The van der Waals surface area contributed by atoms with Gasteiger partial charge in [-0.3, -0.25) is 9.59 Å². The van der Waals surface area contributed by atoms with Gasteiger partial charge in [0.1, 0.15) is 6.07 Å². The first-order valence-corrected chi connectivity index (χ1v) is 14.5. The van der Waals surface area contributed by atoms with Gasteiger partial charge in [-0.2, -0.15) is 5.26 Å². The normalized spacial score (nSPS) is 47.9. The Morgan fingerprint density at radius 3 is 2.30 bits per heavy atom. The molecule has 4 heteroatoms. The summed E-state index contributed by atoms with van der Waals surface area (Å²) in [4.78, 5) is 25.4. The number of rotatable bonds is 2. The van der Waals surface area contributed by atoms with Crippen LogP contribution in [0.1, 0.15) is 106 Å². The summed E-state index contributed by atoms with van der Waals surface area (Å²) in [5.41, 5.74) is 0.979. The number of nitriles is 1. The summed E-state index contributed by atoms with van der Waals surface area (Å²) in [6.07, 6.45) is 10.5. The third kappa shape index (κ3) is 3.37. The lowest BCUT2D eigenvalue weighted by Crippen LogP contribution is -2.67. The quantitative estimate of drug-likeness (QED) is 0.389. The Morgan fingerprint density at radius 2 is 1.68 bits per heavy atom. The van der Waals surface area contributed by atoms with Gasteiger partial charge in [-0.1, -0.05) is 66.7 Å². The van der Waals surface area contributed by atoms with E-state index in [-0.39, 0.29) is 45.2 Å². The summed E-state index contributed by atoms with van der Waals surface area (Å²) in [7, 11) is 0. The van der Waals surface area contributed by atoms with Gasteiger partial charge >= 0.3 is 5.97 Å². The maximum atomic E-state index is 13.3. The first-order valence-electron chi connectivity index (χ1n) is 14.5. The van der Waals surface area contributed by atoms with E-state index in [0.29, 0.717) is 23.3 Å². The van der Waals surface area contributed by atoms with Crippen LogP contribution in [0.15, 0.2) is 23.8 Å². The number of carboxylic acid groups (broad SMARTS) is 1. The van der Waals surface area contributed by atoms with Crippen molar-refractivity contribution in [1.29, 1.82) is 5.26 Å². The maximum Gasteiger partial charge on any atom is 0.303 e. The van der Waals surface area contributed by atoms with Crippen molar-refractivity contribution in [3.8, 4) is 6.07 Å². The fraction of sp³-hybridized carbons (Fsp3) is 0.788. The summed E-state index contributed by atoms with van der Waals surface area (Å²) >= 11 is 0. The molecule has 0 heterocycles. The molecule has 37 heavy (non-hydrogen) atoms. The summed E-state index contributed by atoms with van der Waals surface area (Å²) in [6, 6.07) is 2.26. The molecule has 4 nitrogen and oxygen atoms in total. The van der Waals surface area contributed by atoms with Crippen molar-refractivity contribution in [2.45, 2.75) is 106 Å². The van der Waals surface area contributed by atoms with Crippen molar-refractivity contribution in [2.75, 3.05) is 0 Å². The average Bonchev–Trinajstić information content (AvgIpc) is 2.78. The number of allylic oxidation sites excluding steroid dienone is 3. The second kappa shape index (κ2) is 7.83. The highest BCUT2D eigenvalue weighted by Gasteiger charge is 2.71. The van der Waals surface area contributed by atoms with Crippen LogP contribution < -0.4 is 0 Å². The molecule has 0 aliphatic heterocycles. The van der Waals surface area contributed by atoms with E-state index in [4.69, 9.17) is 6.58 Å². The van der Waals surface area contributed by atoms with Gasteiger partial charge in [-0.25, -0.2) is 0 Å². The number of carboxylic acids is 1. The van der Waals surface area contributed by atoms with E-state index in [9.17, 15) is 20.0 Å². The Labute approximate surface area is 224 Å². The number of hydrogen-bond donors (Lipinski definition) is 1. The molecule has 0 spiro atoms. The molecule has 0 saturated heterocycles. The number of carbonyl (C=O) groups is 2. The molecule has 0 amide bonds. The zero-order valence-corrected chi connectivity index (χ0v) is 24.2. The Bertz CT molecular complexity index is 1140. The molecule has 0 radical (unpaired) electrons. The first kappa shape index (κ1) is 26.7. The third-order valence-corrected chi connectivity index (χ3v) is 13.3. The van der Waals surface area contributed by atoms with Crippen LogP contribution >= 0.6 is 0 Å². The van der Waals surface area contributed by atoms with Crippen LogP contribution in [0.3, 0.4) is 0 Å². The zero-order chi connectivity index (χ0) is 27.4. The molecule has 202 valence electrons. The fourth-order valence-corrected chi connectivity index (χ4v) is 11.2. The molecule has 0 aromatic rings. The van der Waals surface area contributed by atoms with E-state index in [2.05, 4.69) is 60.6 Å². The second-order valence-electron chi connectivity index (χ2n) is 15.8. The summed E-state index contributed by atoms with van der Waals surface area (Å²) in [5, 5.41) is 19.9. The molecule has 0 bridgehead atoms. The smallest absolute Gasteiger partial charge is 0.303 e. The van der Waals surface area contributed by atoms with Crippen LogP contribution in [0, 0.1) is 67.5 Å². The average molecular weight is 506 g/mol. The van der Waals surface area contributed by atoms with Gasteiger partial charge in [0.05, 0.1) is 12.0 Å². The number of ketones is 1. The number of aliphatic carboxylic acids is 1. The largest absolute Gasteiger partial charge is 0.481 e. The molecule has 4 saturated carbocycles. The zero-order valence-electron chi connectivity index (χ0n) is 24.2. The number of Topliss-reactive ketones (excluding diaryl/α,β-unsaturated/α-hetero) is 1. The lowest BCUT2D eigenvalue weighted by Gasteiger charge is -2.73. The van der Waals surface area contributed by atoms with Gasteiger partial charge in [-0.15, -0.1) is 0 Å². The summed E-state index contributed by atoms with van der Waals surface area (Å²) in [6.45, 7) is 20.9. The van der Waals surface area contributed by atoms with Gasteiger partial charge in [-0.05, 0) is 102 Å². The highest BCUT2D eigenvalue weighted by molar-refractivity contribution is 6.04. The van der Waals surface area contributed by atoms with Crippen LogP contribution in [0.5, 0.6) is 0 Å². The van der Waals surface area contributed by atoms with Crippen molar-refractivity contribution in [2.24, 2.45) is 56.2 Å². The fourth-order valence-electron chi connectivity index (χ4n) is 11.2. The predicted molar refractivity (Wildman–Crippen MR) is 145 cm³/mol. The Balaban J connectivity index is 1.63. The predicted octanol–water partition coefficient (Wildman–Crippen LogP) is 7.75. The van der Waals surface area contributed by atoms with E-state index in [0.717, 1.165) is 51.4 Å². The van der Waals surface area contributed by atoms with E-state index in [1.165, 1.54) is 5.57 Å². The molecule has 5 aliphatic rings.